The Hall–Kier alpha value is -3.26. The summed E-state index contributed by atoms with van der Waals surface area (Å²) >= 11 is 0. The van der Waals surface area contributed by atoms with Gasteiger partial charge in [0.05, 0.1) is 23.6 Å². The molecular formula is C16H14N2O6. The normalized spacial score (nSPS) is 10.8. The van der Waals surface area contributed by atoms with E-state index < -0.39 is 27.8 Å². The molecule has 2 rings (SSSR count). The number of aliphatic hydroxyl groups is 1. The third kappa shape index (κ3) is 3.73. The molecule has 0 heterocycles. The first-order chi connectivity index (χ1) is 11.5. The second kappa shape index (κ2) is 7.34. The molecule has 2 aromatic rings. The van der Waals surface area contributed by atoms with Crippen molar-refractivity contribution >= 4 is 23.5 Å². The van der Waals surface area contributed by atoms with Crippen LogP contribution in [0.4, 0.5) is 11.4 Å². The average molecular weight is 330 g/mol. The second-order valence-corrected chi connectivity index (χ2v) is 4.83. The maximum Gasteiger partial charge on any atom is 0.283 e. The van der Waals surface area contributed by atoms with Crippen LogP contribution >= 0.6 is 0 Å². The van der Waals surface area contributed by atoms with Crippen LogP contribution in [0.3, 0.4) is 0 Å². The number of aliphatic hydroxyl groups excluding tert-OH is 1. The lowest BCUT2D eigenvalue weighted by atomic mass is 10.0. The second-order valence-electron chi connectivity index (χ2n) is 4.83. The van der Waals surface area contributed by atoms with Gasteiger partial charge in [-0.3, -0.25) is 20.2 Å². The Morgan fingerprint density at radius 2 is 1.58 bits per heavy atom. The molecule has 0 radical (unpaired) electrons. The van der Waals surface area contributed by atoms with E-state index in [2.05, 4.69) is 0 Å². The zero-order valence-electron chi connectivity index (χ0n) is 12.7. The van der Waals surface area contributed by atoms with Crippen molar-refractivity contribution in [3.05, 3.63) is 73.3 Å². The number of methoxy groups -OCH3 is 1. The molecule has 0 bridgehead atoms. The Balaban J connectivity index is 2.52. The summed E-state index contributed by atoms with van der Waals surface area (Å²) in [5.74, 6) is 0.649. The molecule has 8 nitrogen and oxygen atoms in total. The Morgan fingerprint density at radius 3 is 2.00 bits per heavy atom. The van der Waals surface area contributed by atoms with Crippen LogP contribution in [0.15, 0.2) is 36.4 Å². The van der Waals surface area contributed by atoms with Gasteiger partial charge in [-0.1, -0.05) is 18.2 Å². The van der Waals surface area contributed by atoms with Gasteiger partial charge in [0.2, 0.25) is 0 Å². The first kappa shape index (κ1) is 17.1. The van der Waals surface area contributed by atoms with Gasteiger partial charge in [-0.05, 0) is 29.3 Å². The standard InChI is InChI=1S/C16H14N2O6/c1-24-13-5-2-11(3-6-13)4-7-14-15(17(20)21)8-12(10-19)9-16(14)18(22)23/h2-9,19H,10H2,1H3/b7-4+. The maximum absolute atomic E-state index is 11.2. The van der Waals surface area contributed by atoms with E-state index in [9.17, 15) is 20.2 Å². The topological polar surface area (TPSA) is 116 Å². The summed E-state index contributed by atoms with van der Waals surface area (Å²) in [6.07, 6.45) is 2.85. The number of hydrogen-bond donors (Lipinski definition) is 1. The summed E-state index contributed by atoms with van der Waals surface area (Å²) in [5.41, 5.74) is -0.185. The van der Waals surface area contributed by atoms with E-state index >= 15 is 0 Å². The Bertz CT molecular complexity index is 764. The largest absolute Gasteiger partial charge is 0.497 e. The van der Waals surface area contributed by atoms with Crippen molar-refractivity contribution < 1.29 is 19.7 Å². The molecule has 1 N–H and O–H groups in total. The van der Waals surface area contributed by atoms with Crippen molar-refractivity contribution in [1.29, 1.82) is 0 Å². The number of benzene rings is 2. The van der Waals surface area contributed by atoms with Gasteiger partial charge < -0.3 is 9.84 Å². The molecule has 0 aliphatic carbocycles. The highest BCUT2D eigenvalue weighted by atomic mass is 16.6. The fraction of sp³-hybridized carbons (Fsp3) is 0.125. The lowest BCUT2D eigenvalue weighted by Gasteiger charge is -2.03. The SMILES string of the molecule is COc1ccc(/C=C/c2c([N+](=O)[O-])cc(CO)cc2[N+](=O)[O-])cc1. The molecule has 2 aromatic carbocycles. The van der Waals surface area contributed by atoms with Crippen molar-refractivity contribution in [2.45, 2.75) is 6.61 Å². The highest BCUT2D eigenvalue weighted by Crippen LogP contribution is 2.32. The van der Waals surface area contributed by atoms with E-state index in [1.54, 1.807) is 24.3 Å². The van der Waals surface area contributed by atoms with Gasteiger partial charge in [-0.15, -0.1) is 0 Å². The number of nitro groups is 2. The molecule has 0 aliphatic heterocycles. The van der Waals surface area contributed by atoms with Crippen LogP contribution in [0, 0.1) is 20.2 Å². The van der Waals surface area contributed by atoms with E-state index in [1.807, 2.05) is 0 Å². The Labute approximate surface area is 136 Å². The van der Waals surface area contributed by atoms with Crippen LogP contribution in [0.25, 0.3) is 12.2 Å². The molecule has 0 fully saturated rings. The number of rotatable bonds is 6. The van der Waals surface area contributed by atoms with E-state index in [1.165, 1.54) is 19.3 Å². The molecule has 24 heavy (non-hydrogen) atoms. The van der Waals surface area contributed by atoms with Crippen LogP contribution in [-0.2, 0) is 6.61 Å². The average Bonchev–Trinajstić information content (AvgIpc) is 2.59. The number of nitro benzene ring substituents is 2. The van der Waals surface area contributed by atoms with Gasteiger partial charge >= 0.3 is 0 Å². The van der Waals surface area contributed by atoms with Gasteiger partial charge in [-0.25, -0.2) is 0 Å². The van der Waals surface area contributed by atoms with E-state index in [0.29, 0.717) is 11.3 Å². The van der Waals surface area contributed by atoms with Gasteiger partial charge in [0.15, 0.2) is 0 Å². The fourth-order valence-corrected chi connectivity index (χ4v) is 2.14. The minimum Gasteiger partial charge on any atom is -0.497 e. The maximum atomic E-state index is 11.2. The summed E-state index contributed by atoms with van der Waals surface area (Å²) in [5, 5.41) is 31.5. The Kier molecular flexibility index (Phi) is 5.23. The zero-order valence-corrected chi connectivity index (χ0v) is 12.7. The molecule has 8 heteroatoms. The van der Waals surface area contributed by atoms with Crippen LogP contribution in [0.1, 0.15) is 16.7 Å². The van der Waals surface area contributed by atoms with Crippen molar-refractivity contribution in [2.24, 2.45) is 0 Å². The first-order valence-corrected chi connectivity index (χ1v) is 6.85. The lowest BCUT2D eigenvalue weighted by Crippen LogP contribution is -2.00. The molecule has 0 aromatic heterocycles. The predicted octanol–water partition coefficient (Wildman–Crippen LogP) is 3.17. The third-order valence-electron chi connectivity index (χ3n) is 3.33. The van der Waals surface area contributed by atoms with Crippen LogP contribution < -0.4 is 4.74 Å². The highest BCUT2D eigenvalue weighted by molar-refractivity contribution is 5.80. The van der Waals surface area contributed by atoms with Crippen molar-refractivity contribution in [3.63, 3.8) is 0 Å². The molecular weight excluding hydrogens is 316 g/mol. The van der Waals surface area contributed by atoms with Gasteiger partial charge in [-0.2, -0.15) is 0 Å². The van der Waals surface area contributed by atoms with Crippen molar-refractivity contribution in [3.8, 4) is 5.75 Å². The molecule has 0 atom stereocenters. The lowest BCUT2D eigenvalue weighted by molar-refractivity contribution is -0.394. The summed E-state index contributed by atoms with van der Waals surface area (Å²) in [6, 6.07) is 9.10. The van der Waals surface area contributed by atoms with Crippen molar-refractivity contribution in [2.75, 3.05) is 7.11 Å². The smallest absolute Gasteiger partial charge is 0.283 e. The molecule has 0 aliphatic rings. The quantitative estimate of drug-likeness (QED) is 0.494. The molecule has 0 saturated heterocycles. The van der Waals surface area contributed by atoms with Gasteiger partial charge in [0.25, 0.3) is 11.4 Å². The zero-order chi connectivity index (χ0) is 17.7. The summed E-state index contributed by atoms with van der Waals surface area (Å²) < 4.78 is 5.03. The van der Waals surface area contributed by atoms with E-state index in [4.69, 9.17) is 9.84 Å². The monoisotopic (exact) mass is 330 g/mol. The fourth-order valence-electron chi connectivity index (χ4n) is 2.14. The predicted molar refractivity (Wildman–Crippen MR) is 87.6 cm³/mol. The van der Waals surface area contributed by atoms with Crippen LogP contribution in [0.2, 0.25) is 0 Å². The summed E-state index contributed by atoms with van der Waals surface area (Å²) in [7, 11) is 1.53. The van der Waals surface area contributed by atoms with Gasteiger partial charge in [0.1, 0.15) is 11.3 Å². The van der Waals surface area contributed by atoms with Crippen LogP contribution in [-0.4, -0.2) is 22.1 Å². The molecule has 124 valence electrons. The van der Waals surface area contributed by atoms with E-state index in [-0.39, 0.29) is 11.1 Å². The van der Waals surface area contributed by atoms with E-state index in [0.717, 1.165) is 12.1 Å². The molecule has 0 amide bonds. The Morgan fingerprint density at radius 1 is 1.04 bits per heavy atom. The molecule has 0 saturated carbocycles. The number of hydrogen-bond acceptors (Lipinski definition) is 6. The number of ether oxygens (including phenoxy) is 1. The molecule has 0 spiro atoms. The van der Waals surface area contributed by atoms with Crippen molar-refractivity contribution in [1.82, 2.24) is 0 Å². The number of nitrogens with zero attached hydrogens (tertiary/aromatic N) is 2. The summed E-state index contributed by atoms with van der Waals surface area (Å²) in [4.78, 5) is 21.0. The highest BCUT2D eigenvalue weighted by Gasteiger charge is 2.24. The summed E-state index contributed by atoms with van der Waals surface area (Å²) in [6.45, 7) is -0.524. The molecule has 0 unspecified atom stereocenters. The third-order valence-corrected chi connectivity index (χ3v) is 3.33. The minimum absolute atomic E-state index is 0.106. The van der Waals surface area contributed by atoms with Gasteiger partial charge in [0, 0.05) is 12.1 Å². The van der Waals surface area contributed by atoms with Crippen LogP contribution in [0.5, 0.6) is 5.75 Å². The first-order valence-electron chi connectivity index (χ1n) is 6.85. The minimum atomic E-state index is -0.708.